The molecule has 0 saturated carbocycles. The Hall–Kier alpha value is -1.33. The third-order valence-corrected chi connectivity index (χ3v) is 1.58. The number of nitrogens with two attached hydrogens (primary N) is 1. The second-order valence-corrected chi connectivity index (χ2v) is 2.52. The zero-order valence-electron chi connectivity index (χ0n) is 8.41. The molecule has 1 aromatic rings. The van der Waals surface area contributed by atoms with E-state index in [0.717, 1.165) is 5.56 Å². The van der Waals surface area contributed by atoms with E-state index in [0.29, 0.717) is 0 Å². The highest BCUT2D eigenvalue weighted by atomic mass is 14.6. The monoisotopic (exact) mass is 176 g/mol. The van der Waals surface area contributed by atoms with Crippen LogP contribution in [0.15, 0.2) is 24.3 Å². The molecule has 0 aliphatic carbocycles. The van der Waals surface area contributed by atoms with Crippen LogP contribution >= 0.6 is 0 Å². The minimum absolute atomic E-state index is 0.490. The van der Waals surface area contributed by atoms with Crippen LogP contribution in [0.5, 0.6) is 0 Å². The lowest BCUT2D eigenvalue weighted by atomic mass is 10.1. The fourth-order valence-electron chi connectivity index (χ4n) is 0.848. The maximum absolute atomic E-state index is 8.48. The van der Waals surface area contributed by atoms with E-state index in [1.807, 2.05) is 51.1 Å². The van der Waals surface area contributed by atoms with Crippen molar-refractivity contribution in [3.63, 3.8) is 0 Å². The van der Waals surface area contributed by atoms with Crippen molar-refractivity contribution in [2.45, 2.75) is 26.8 Å². The van der Waals surface area contributed by atoms with Gasteiger partial charge in [0.2, 0.25) is 0 Å². The van der Waals surface area contributed by atoms with Crippen LogP contribution < -0.4 is 5.73 Å². The summed E-state index contributed by atoms with van der Waals surface area (Å²) in [7, 11) is 0. The van der Waals surface area contributed by atoms with Gasteiger partial charge in [0, 0.05) is 0 Å². The van der Waals surface area contributed by atoms with Crippen molar-refractivity contribution in [1.29, 1.82) is 5.26 Å². The summed E-state index contributed by atoms with van der Waals surface area (Å²) in [6.45, 7) is 6.00. The highest BCUT2D eigenvalue weighted by Gasteiger charge is 2.01. The molecule has 1 atom stereocenters. The number of aryl methyl sites for hydroxylation is 1. The molecule has 0 aromatic heterocycles. The molecule has 2 N–H and O–H groups in total. The third-order valence-electron chi connectivity index (χ3n) is 1.58. The molecule has 0 aliphatic heterocycles. The number of hydrogen-bond donors (Lipinski definition) is 1. The second kappa shape index (κ2) is 6.22. The highest BCUT2D eigenvalue weighted by Crippen LogP contribution is 2.09. The van der Waals surface area contributed by atoms with Gasteiger partial charge < -0.3 is 5.73 Å². The molecule has 1 rings (SSSR count). The average Bonchev–Trinajstić information content (AvgIpc) is 2.21. The Bertz CT molecular complexity index is 269. The predicted octanol–water partition coefficient (Wildman–Crippen LogP) is 2.54. The standard InChI is InChI=1S/C9H10N2.C2H6/c1-7-2-4-8(5-3-7)9(11)6-10;1-2/h2-5,9H,11H2,1H3;1-2H3. The zero-order chi connectivity index (χ0) is 10.3. The van der Waals surface area contributed by atoms with Crippen molar-refractivity contribution in [3.05, 3.63) is 35.4 Å². The molecule has 1 unspecified atom stereocenters. The summed E-state index contributed by atoms with van der Waals surface area (Å²) < 4.78 is 0. The lowest BCUT2D eigenvalue weighted by Crippen LogP contribution is -2.06. The SMILES string of the molecule is CC.Cc1ccc(C(N)C#N)cc1. The van der Waals surface area contributed by atoms with E-state index in [-0.39, 0.29) is 0 Å². The first kappa shape index (κ1) is 11.7. The van der Waals surface area contributed by atoms with Gasteiger partial charge in [0.05, 0.1) is 6.07 Å². The Labute approximate surface area is 80.0 Å². The van der Waals surface area contributed by atoms with Crippen LogP contribution in [0.2, 0.25) is 0 Å². The van der Waals surface area contributed by atoms with Gasteiger partial charge in [-0.2, -0.15) is 5.26 Å². The lowest BCUT2D eigenvalue weighted by Gasteiger charge is -2.01. The van der Waals surface area contributed by atoms with Crippen LogP contribution in [0.1, 0.15) is 31.0 Å². The fraction of sp³-hybridized carbons (Fsp3) is 0.364. The van der Waals surface area contributed by atoms with Crippen molar-refractivity contribution in [2.75, 3.05) is 0 Å². The molecule has 70 valence electrons. The Balaban J connectivity index is 0.000000671. The van der Waals surface area contributed by atoms with E-state index in [2.05, 4.69) is 0 Å². The predicted molar refractivity (Wildman–Crippen MR) is 55.1 cm³/mol. The molecule has 0 bridgehead atoms. The molecule has 0 aliphatic rings. The zero-order valence-corrected chi connectivity index (χ0v) is 8.41. The van der Waals surface area contributed by atoms with Gasteiger partial charge in [-0.15, -0.1) is 0 Å². The van der Waals surface area contributed by atoms with E-state index in [9.17, 15) is 0 Å². The molecule has 0 heterocycles. The van der Waals surface area contributed by atoms with Gasteiger partial charge in [0.15, 0.2) is 0 Å². The summed E-state index contributed by atoms with van der Waals surface area (Å²) in [6, 6.07) is 9.15. The van der Waals surface area contributed by atoms with Gasteiger partial charge in [0.1, 0.15) is 6.04 Å². The molecule has 0 amide bonds. The van der Waals surface area contributed by atoms with Crippen LogP contribution in [0.3, 0.4) is 0 Å². The summed E-state index contributed by atoms with van der Waals surface area (Å²) in [5.41, 5.74) is 7.54. The quantitative estimate of drug-likeness (QED) is 0.714. The van der Waals surface area contributed by atoms with Crippen LogP contribution in [-0.4, -0.2) is 0 Å². The van der Waals surface area contributed by atoms with Gasteiger partial charge in [-0.25, -0.2) is 0 Å². The van der Waals surface area contributed by atoms with Crippen LogP contribution in [0.25, 0.3) is 0 Å². The molecular weight excluding hydrogens is 160 g/mol. The summed E-state index contributed by atoms with van der Waals surface area (Å²) >= 11 is 0. The smallest absolute Gasteiger partial charge is 0.118 e. The Morgan fingerprint density at radius 3 is 2.08 bits per heavy atom. The van der Waals surface area contributed by atoms with E-state index < -0.39 is 6.04 Å². The van der Waals surface area contributed by atoms with Gasteiger partial charge in [-0.1, -0.05) is 43.7 Å². The molecule has 0 radical (unpaired) electrons. The van der Waals surface area contributed by atoms with Crippen LogP contribution in [0.4, 0.5) is 0 Å². The molecule has 1 aromatic carbocycles. The van der Waals surface area contributed by atoms with E-state index in [1.54, 1.807) is 0 Å². The topological polar surface area (TPSA) is 49.8 Å². The van der Waals surface area contributed by atoms with Crippen molar-refractivity contribution in [1.82, 2.24) is 0 Å². The third kappa shape index (κ3) is 3.73. The number of nitriles is 1. The van der Waals surface area contributed by atoms with Gasteiger partial charge in [0.25, 0.3) is 0 Å². The van der Waals surface area contributed by atoms with Gasteiger partial charge >= 0.3 is 0 Å². The molecule has 0 saturated heterocycles. The summed E-state index contributed by atoms with van der Waals surface area (Å²) in [4.78, 5) is 0. The highest BCUT2D eigenvalue weighted by molar-refractivity contribution is 5.26. The van der Waals surface area contributed by atoms with Crippen molar-refractivity contribution >= 4 is 0 Å². The normalized spacial score (nSPS) is 10.7. The minimum atomic E-state index is -0.490. The second-order valence-electron chi connectivity index (χ2n) is 2.52. The van der Waals surface area contributed by atoms with Gasteiger partial charge in [-0.05, 0) is 12.5 Å². The number of rotatable bonds is 1. The molecule has 13 heavy (non-hydrogen) atoms. The fourth-order valence-corrected chi connectivity index (χ4v) is 0.848. The first-order chi connectivity index (χ1) is 6.24. The lowest BCUT2D eigenvalue weighted by molar-refractivity contribution is 0.925. The van der Waals surface area contributed by atoms with Crippen molar-refractivity contribution in [2.24, 2.45) is 5.73 Å². The molecule has 2 nitrogen and oxygen atoms in total. The van der Waals surface area contributed by atoms with Crippen LogP contribution in [-0.2, 0) is 0 Å². The largest absolute Gasteiger partial charge is 0.312 e. The first-order valence-corrected chi connectivity index (χ1v) is 4.46. The van der Waals surface area contributed by atoms with Gasteiger partial charge in [-0.3, -0.25) is 0 Å². The van der Waals surface area contributed by atoms with E-state index in [4.69, 9.17) is 11.0 Å². The Kier molecular flexibility index (Phi) is 5.58. The minimum Gasteiger partial charge on any atom is -0.312 e. The van der Waals surface area contributed by atoms with E-state index >= 15 is 0 Å². The summed E-state index contributed by atoms with van der Waals surface area (Å²) in [5.74, 6) is 0. The van der Waals surface area contributed by atoms with Crippen LogP contribution in [0, 0.1) is 18.3 Å². The molecular formula is C11H16N2. The maximum Gasteiger partial charge on any atom is 0.118 e. The molecule has 0 spiro atoms. The van der Waals surface area contributed by atoms with E-state index in [1.165, 1.54) is 5.56 Å². The number of nitrogens with zero attached hydrogens (tertiary/aromatic N) is 1. The first-order valence-electron chi connectivity index (χ1n) is 4.46. The average molecular weight is 176 g/mol. The van der Waals surface area contributed by atoms with Crippen molar-refractivity contribution < 1.29 is 0 Å². The Morgan fingerprint density at radius 2 is 1.69 bits per heavy atom. The molecule has 0 fully saturated rings. The Morgan fingerprint density at radius 1 is 1.23 bits per heavy atom. The summed E-state index contributed by atoms with van der Waals surface area (Å²) in [5, 5.41) is 8.48. The number of hydrogen-bond acceptors (Lipinski definition) is 2. The number of benzene rings is 1. The maximum atomic E-state index is 8.48. The summed E-state index contributed by atoms with van der Waals surface area (Å²) in [6.07, 6.45) is 0. The van der Waals surface area contributed by atoms with Crippen molar-refractivity contribution in [3.8, 4) is 6.07 Å². The molecule has 2 heteroatoms.